The second-order valence-electron chi connectivity index (χ2n) is 6.40. The zero-order chi connectivity index (χ0) is 17.8. The number of aromatic amines is 1. The summed E-state index contributed by atoms with van der Waals surface area (Å²) < 4.78 is 6.03. The Morgan fingerprint density at radius 2 is 2.32 bits per heavy atom. The van der Waals surface area contributed by atoms with Crippen LogP contribution in [0.2, 0.25) is 0 Å². The number of carbonyl (C=O) groups is 1. The zero-order valence-electron chi connectivity index (χ0n) is 14.4. The van der Waals surface area contributed by atoms with Crippen molar-refractivity contribution in [1.29, 1.82) is 5.26 Å². The summed E-state index contributed by atoms with van der Waals surface area (Å²) >= 11 is 0. The fourth-order valence-electron chi connectivity index (χ4n) is 2.90. The van der Waals surface area contributed by atoms with Crippen molar-refractivity contribution in [3.63, 3.8) is 0 Å². The molecule has 1 atom stereocenters. The minimum Gasteiger partial charge on any atom is -0.488 e. The van der Waals surface area contributed by atoms with Crippen LogP contribution >= 0.6 is 0 Å². The number of likely N-dealkylation sites (tertiary alicyclic amines) is 1. The fourth-order valence-corrected chi connectivity index (χ4v) is 2.90. The van der Waals surface area contributed by atoms with Crippen LogP contribution in [0.3, 0.4) is 0 Å². The Balaban J connectivity index is 1.59. The first-order valence-electron chi connectivity index (χ1n) is 8.20. The minimum atomic E-state index is -0.101. The van der Waals surface area contributed by atoms with Crippen LogP contribution in [0.1, 0.15) is 28.3 Å². The average molecular weight is 339 g/mol. The van der Waals surface area contributed by atoms with E-state index in [9.17, 15) is 4.79 Å². The van der Waals surface area contributed by atoms with Crippen molar-refractivity contribution in [2.24, 2.45) is 0 Å². The molecule has 1 N–H and O–H groups in total. The summed E-state index contributed by atoms with van der Waals surface area (Å²) in [6.07, 6.45) is 2.49. The van der Waals surface area contributed by atoms with Gasteiger partial charge < -0.3 is 19.5 Å². The van der Waals surface area contributed by atoms with Crippen molar-refractivity contribution in [3.8, 4) is 11.8 Å². The van der Waals surface area contributed by atoms with Gasteiger partial charge in [0.2, 0.25) is 0 Å². The Bertz CT molecular complexity index is 793. The number of amides is 1. The molecule has 0 bridgehead atoms. The van der Waals surface area contributed by atoms with E-state index in [4.69, 9.17) is 10.00 Å². The minimum absolute atomic E-state index is 0.0380. The van der Waals surface area contributed by atoms with E-state index in [-0.39, 0.29) is 12.0 Å². The molecule has 2 aromatic rings. The number of H-pyrrole nitrogens is 1. The Labute approximate surface area is 146 Å². The maximum atomic E-state index is 12.5. The lowest BCUT2D eigenvalue weighted by Gasteiger charge is -2.17. The molecule has 7 nitrogen and oxygen atoms in total. The van der Waals surface area contributed by atoms with Crippen molar-refractivity contribution in [2.75, 3.05) is 27.2 Å². The van der Waals surface area contributed by atoms with Crippen molar-refractivity contribution >= 4 is 5.91 Å². The average Bonchev–Trinajstić information content (AvgIpc) is 3.23. The topological polar surface area (TPSA) is 85.2 Å². The Hall–Kier alpha value is -2.85. The summed E-state index contributed by atoms with van der Waals surface area (Å²) in [4.78, 5) is 23.4. The van der Waals surface area contributed by atoms with Crippen LogP contribution in [-0.4, -0.2) is 59.0 Å². The highest BCUT2D eigenvalue weighted by atomic mass is 16.5. The number of pyridine rings is 1. The summed E-state index contributed by atoms with van der Waals surface area (Å²) in [6.45, 7) is 1.92. The summed E-state index contributed by atoms with van der Waals surface area (Å²) in [5.41, 5.74) is 1.78. The van der Waals surface area contributed by atoms with Gasteiger partial charge in [-0.15, -0.1) is 0 Å². The molecule has 1 saturated heterocycles. The van der Waals surface area contributed by atoms with E-state index in [0.717, 1.165) is 24.4 Å². The zero-order valence-corrected chi connectivity index (χ0v) is 14.4. The van der Waals surface area contributed by atoms with Crippen molar-refractivity contribution < 1.29 is 9.53 Å². The van der Waals surface area contributed by atoms with Crippen LogP contribution in [-0.2, 0) is 6.54 Å². The lowest BCUT2D eigenvalue weighted by atomic mass is 10.3. The van der Waals surface area contributed by atoms with Gasteiger partial charge in [-0.1, -0.05) is 0 Å². The molecule has 130 valence electrons. The number of nitrogens with zero attached hydrogens (tertiary/aromatic N) is 4. The molecule has 0 radical (unpaired) electrons. The van der Waals surface area contributed by atoms with Gasteiger partial charge in [0.15, 0.2) is 0 Å². The molecule has 0 spiro atoms. The van der Waals surface area contributed by atoms with Gasteiger partial charge in [0.1, 0.15) is 29.3 Å². The molecule has 1 aliphatic heterocycles. The fraction of sp³-hybridized carbons (Fsp3) is 0.389. The van der Waals surface area contributed by atoms with E-state index in [0.29, 0.717) is 24.5 Å². The summed E-state index contributed by atoms with van der Waals surface area (Å²) in [6, 6.07) is 9.03. The van der Waals surface area contributed by atoms with Gasteiger partial charge >= 0.3 is 0 Å². The van der Waals surface area contributed by atoms with E-state index in [1.807, 2.05) is 37.2 Å². The monoisotopic (exact) mass is 339 g/mol. The number of nitriles is 1. The van der Waals surface area contributed by atoms with Crippen LogP contribution in [0.25, 0.3) is 0 Å². The largest absolute Gasteiger partial charge is 0.488 e. The van der Waals surface area contributed by atoms with E-state index < -0.39 is 0 Å². The van der Waals surface area contributed by atoms with E-state index in [2.05, 4.69) is 9.97 Å². The smallest absolute Gasteiger partial charge is 0.270 e. The van der Waals surface area contributed by atoms with Crippen LogP contribution in [0.5, 0.6) is 5.75 Å². The second kappa shape index (κ2) is 7.36. The Kier molecular flexibility index (Phi) is 5.00. The van der Waals surface area contributed by atoms with Crippen LogP contribution in [0, 0.1) is 11.3 Å². The third-order valence-electron chi connectivity index (χ3n) is 4.04. The quantitative estimate of drug-likeness (QED) is 0.895. The van der Waals surface area contributed by atoms with Gasteiger partial charge in [0.25, 0.3) is 5.91 Å². The molecule has 3 rings (SSSR count). The van der Waals surface area contributed by atoms with Gasteiger partial charge in [-0.05, 0) is 32.3 Å². The number of hydrogen-bond donors (Lipinski definition) is 1. The predicted molar refractivity (Wildman–Crippen MR) is 92.1 cm³/mol. The molecule has 3 heterocycles. The molecule has 7 heteroatoms. The SMILES string of the molecule is CN(C)Cc1cc(OC2CCN(C(=O)c3ccc(C#N)[nH]3)C2)ccn1. The standard InChI is InChI=1S/C18H21N5O2/c1-22(2)11-14-9-15(5-7-20-14)25-16-6-8-23(12-16)18(24)17-4-3-13(10-19)21-17/h3-5,7,9,16,21H,6,8,11-12H2,1-2H3. The summed E-state index contributed by atoms with van der Waals surface area (Å²) in [5, 5.41) is 8.85. The summed E-state index contributed by atoms with van der Waals surface area (Å²) in [7, 11) is 3.99. The number of carbonyl (C=O) groups excluding carboxylic acids is 1. The highest BCUT2D eigenvalue weighted by Crippen LogP contribution is 2.20. The molecule has 1 aliphatic rings. The van der Waals surface area contributed by atoms with Gasteiger partial charge in [-0.2, -0.15) is 5.26 Å². The third kappa shape index (κ3) is 4.17. The lowest BCUT2D eigenvalue weighted by molar-refractivity contribution is 0.0767. The molecule has 0 aliphatic carbocycles. The Morgan fingerprint density at radius 3 is 3.04 bits per heavy atom. The van der Waals surface area contributed by atoms with E-state index in [1.54, 1.807) is 23.2 Å². The lowest BCUT2D eigenvalue weighted by Crippen LogP contribution is -2.31. The van der Waals surface area contributed by atoms with E-state index in [1.165, 1.54) is 0 Å². The first kappa shape index (κ1) is 17.0. The molecule has 25 heavy (non-hydrogen) atoms. The number of ether oxygens (including phenoxy) is 1. The maximum Gasteiger partial charge on any atom is 0.270 e. The van der Waals surface area contributed by atoms with E-state index >= 15 is 0 Å². The maximum absolute atomic E-state index is 12.5. The van der Waals surface area contributed by atoms with Crippen LogP contribution in [0.4, 0.5) is 0 Å². The number of hydrogen-bond acceptors (Lipinski definition) is 5. The highest BCUT2D eigenvalue weighted by Gasteiger charge is 2.29. The van der Waals surface area contributed by atoms with Gasteiger partial charge in [-0.3, -0.25) is 9.78 Å². The molecule has 0 aromatic carbocycles. The second-order valence-corrected chi connectivity index (χ2v) is 6.40. The normalized spacial score (nSPS) is 16.9. The van der Waals surface area contributed by atoms with Crippen molar-refractivity contribution in [1.82, 2.24) is 19.8 Å². The molecule has 1 amide bonds. The number of nitrogens with one attached hydrogen (secondary N) is 1. The van der Waals surface area contributed by atoms with Crippen molar-refractivity contribution in [2.45, 2.75) is 19.1 Å². The molecular weight excluding hydrogens is 318 g/mol. The molecular formula is C18H21N5O2. The van der Waals surface area contributed by atoms with Crippen molar-refractivity contribution in [3.05, 3.63) is 47.5 Å². The molecule has 2 aromatic heterocycles. The van der Waals surface area contributed by atoms with Gasteiger partial charge in [-0.25, -0.2) is 0 Å². The predicted octanol–water partition coefficient (Wildman–Crippen LogP) is 1.64. The molecule has 1 fully saturated rings. The van der Waals surface area contributed by atoms with Gasteiger partial charge in [0.05, 0.1) is 12.2 Å². The third-order valence-corrected chi connectivity index (χ3v) is 4.04. The first-order valence-corrected chi connectivity index (χ1v) is 8.20. The molecule has 0 saturated carbocycles. The van der Waals surface area contributed by atoms with Crippen LogP contribution in [0.15, 0.2) is 30.5 Å². The molecule has 1 unspecified atom stereocenters. The van der Waals surface area contributed by atoms with Crippen LogP contribution < -0.4 is 4.74 Å². The summed E-state index contributed by atoms with van der Waals surface area (Å²) in [5.74, 6) is 0.674. The highest BCUT2D eigenvalue weighted by molar-refractivity contribution is 5.92. The Morgan fingerprint density at radius 1 is 1.48 bits per heavy atom. The van der Waals surface area contributed by atoms with Gasteiger partial charge in [0, 0.05) is 31.8 Å². The number of rotatable bonds is 5. The first-order chi connectivity index (χ1) is 12.0. The number of aromatic nitrogens is 2.